The Kier molecular flexibility index (Phi) is 2.87. The highest BCUT2D eigenvalue weighted by atomic mass is 16.1. The van der Waals surface area contributed by atoms with Crippen LogP contribution in [0.25, 0.3) is 11.1 Å². The van der Waals surface area contributed by atoms with Crippen molar-refractivity contribution in [2.75, 3.05) is 5.32 Å². The molecule has 1 heterocycles. The van der Waals surface area contributed by atoms with Gasteiger partial charge in [-0.05, 0) is 23.3 Å². The number of hydrogen-bond donors (Lipinski definition) is 1. The summed E-state index contributed by atoms with van der Waals surface area (Å²) in [5, 5.41) is 6.84. The zero-order valence-electron chi connectivity index (χ0n) is 12.4. The number of carbonyl (C=O) groups excluding carboxylic acids is 2. The number of ketones is 1. The number of carbonyl (C=O) groups is 2. The molecule has 0 unspecified atom stereocenters. The van der Waals surface area contributed by atoms with E-state index in [2.05, 4.69) is 10.4 Å². The lowest BCUT2D eigenvalue weighted by Crippen LogP contribution is -2.13. The predicted octanol–water partition coefficient (Wildman–Crippen LogP) is 2.88. The van der Waals surface area contributed by atoms with E-state index in [0.29, 0.717) is 22.5 Å². The van der Waals surface area contributed by atoms with Crippen molar-refractivity contribution in [3.63, 3.8) is 0 Å². The smallest absolute Gasteiger partial charge is 0.256 e. The van der Waals surface area contributed by atoms with Crippen molar-refractivity contribution < 1.29 is 9.59 Å². The molecule has 0 spiro atoms. The lowest BCUT2D eigenvalue weighted by molar-refractivity contribution is 0.102. The summed E-state index contributed by atoms with van der Waals surface area (Å²) >= 11 is 0. The highest BCUT2D eigenvalue weighted by Gasteiger charge is 2.27. The van der Waals surface area contributed by atoms with Gasteiger partial charge in [0.25, 0.3) is 5.91 Å². The molecule has 1 aromatic heterocycles. The van der Waals surface area contributed by atoms with Crippen LogP contribution in [0.15, 0.2) is 54.7 Å². The van der Waals surface area contributed by atoms with Gasteiger partial charge in [-0.1, -0.05) is 30.3 Å². The van der Waals surface area contributed by atoms with Crippen LogP contribution >= 0.6 is 0 Å². The van der Waals surface area contributed by atoms with Gasteiger partial charge >= 0.3 is 0 Å². The summed E-state index contributed by atoms with van der Waals surface area (Å²) in [5.41, 5.74) is 3.49. The Morgan fingerprint density at radius 2 is 1.74 bits per heavy atom. The SMILES string of the molecule is Cn1ccc(NC(=O)c2ccc3c(c2)C(=O)c2ccccc2-3)n1. The fraction of sp³-hybridized carbons (Fsp3) is 0.0556. The van der Waals surface area contributed by atoms with E-state index in [1.807, 2.05) is 30.3 Å². The van der Waals surface area contributed by atoms with Crippen LogP contribution in [0.5, 0.6) is 0 Å². The summed E-state index contributed by atoms with van der Waals surface area (Å²) in [7, 11) is 1.78. The molecule has 1 amide bonds. The second-order valence-electron chi connectivity index (χ2n) is 5.46. The van der Waals surface area contributed by atoms with Gasteiger partial charge in [0.05, 0.1) is 0 Å². The van der Waals surface area contributed by atoms with E-state index in [0.717, 1.165) is 11.1 Å². The summed E-state index contributed by atoms with van der Waals surface area (Å²) in [6.45, 7) is 0. The zero-order valence-corrected chi connectivity index (χ0v) is 12.4. The summed E-state index contributed by atoms with van der Waals surface area (Å²) in [4.78, 5) is 24.8. The van der Waals surface area contributed by atoms with E-state index in [1.165, 1.54) is 0 Å². The van der Waals surface area contributed by atoms with Crippen LogP contribution in [0.2, 0.25) is 0 Å². The molecule has 3 aromatic rings. The summed E-state index contributed by atoms with van der Waals surface area (Å²) < 4.78 is 1.61. The quantitative estimate of drug-likeness (QED) is 0.619. The first-order valence-corrected chi connectivity index (χ1v) is 7.22. The average Bonchev–Trinajstić information content (AvgIpc) is 3.10. The molecule has 0 atom stereocenters. The number of amides is 1. The third kappa shape index (κ3) is 2.14. The molecule has 0 aliphatic heterocycles. The highest BCUT2D eigenvalue weighted by molar-refractivity contribution is 6.22. The molecule has 4 rings (SSSR count). The van der Waals surface area contributed by atoms with Crippen LogP contribution < -0.4 is 5.32 Å². The molecule has 1 aliphatic rings. The summed E-state index contributed by atoms with van der Waals surface area (Å²) in [6.07, 6.45) is 1.75. The minimum absolute atomic E-state index is 0.0388. The maximum absolute atomic E-state index is 12.5. The van der Waals surface area contributed by atoms with Crippen molar-refractivity contribution in [2.45, 2.75) is 0 Å². The maximum Gasteiger partial charge on any atom is 0.256 e. The number of anilines is 1. The number of benzene rings is 2. The molecule has 0 saturated carbocycles. The van der Waals surface area contributed by atoms with Gasteiger partial charge in [-0.2, -0.15) is 5.10 Å². The molecule has 23 heavy (non-hydrogen) atoms. The normalized spacial score (nSPS) is 12.0. The first-order chi connectivity index (χ1) is 11.1. The lowest BCUT2D eigenvalue weighted by Gasteiger charge is -2.05. The lowest BCUT2D eigenvalue weighted by atomic mass is 10.0. The first-order valence-electron chi connectivity index (χ1n) is 7.22. The van der Waals surface area contributed by atoms with Crippen molar-refractivity contribution in [1.29, 1.82) is 0 Å². The van der Waals surface area contributed by atoms with Gasteiger partial charge < -0.3 is 5.32 Å². The van der Waals surface area contributed by atoms with Gasteiger partial charge in [-0.3, -0.25) is 14.3 Å². The molecule has 2 aromatic carbocycles. The number of aromatic nitrogens is 2. The van der Waals surface area contributed by atoms with Crippen LogP contribution in [0.1, 0.15) is 26.3 Å². The number of hydrogen-bond acceptors (Lipinski definition) is 3. The summed E-state index contributed by atoms with van der Waals surface area (Å²) in [5.74, 6) is 0.158. The molecule has 112 valence electrons. The van der Waals surface area contributed by atoms with Crippen molar-refractivity contribution >= 4 is 17.5 Å². The molecular weight excluding hydrogens is 290 g/mol. The summed E-state index contributed by atoms with van der Waals surface area (Å²) in [6, 6.07) is 14.4. The van der Waals surface area contributed by atoms with E-state index in [-0.39, 0.29) is 11.7 Å². The van der Waals surface area contributed by atoms with Crippen molar-refractivity contribution in [2.24, 2.45) is 7.05 Å². The maximum atomic E-state index is 12.5. The topological polar surface area (TPSA) is 64.0 Å². The van der Waals surface area contributed by atoms with Crippen molar-refractivity contribution in [3.05, 3.63) is 71.4 Å². The molecule has 1 N–H and O–H groups in total. The average molecular weight is 303 g/mol. The molecule has 0 bridgehead atoms. The number of fused-ring (bicyclic) bond motifs is 3. The Morgan fingerprint density at radius 3 is 2.48 bits per heavy atom. The molecule has 0 radical (unpaired) electrons. The van der Waals surface area contributed by atoms with E-state index in [4.69, 9.17) is 0 Å². The Balaban J connectivity index is 1.69. The van der Waals surface area contributed by atoms with Gasteiger partial charge in [-0.25, -0.2) is 0 Å². The third-order valence-electron chi connectivity index (χ3n) is 3.94. The first kappa shape index (κ1) is 13.5. The van der Waals surface area contributed by atoms with Crippen LogP contribution in [0.3, 0.4) is 0 Å². The van der Waals surface area contributed by atoms with Gasteiger partial charge in [0.15, 0.2) is 11.6 Å². The minimum Gasteiger partial charge on any atom is -0.305 e. The van der Waals surface area contributed by atoms with Crippen LogP contribution in [-0.4, -0.2) is 21.5 Å². The second-order valence-corrected chi connectivity index (χ2v) is 5.46. The van der Waals surface area contributed by atoms with Crippen molar-refractivity contribution in [1.82, 2.24) is 9.78 Å². The monoisotopic (exact) mass is 303 g/mol. The molecule has 0 fully saturated rings. The Hall–Kier alpha value is -3.21. The zero-order chi connectivity index (χ0) is 16.0. The van der Waals surface area contributed by atoms with Gasteiger partial charge in [-0.15, -0.1) is 0 Å². The molecule has 1 aliphatic carbocycles. The molecular formula is C18H13N3O2. The molecule has 0 saturated heterocycles. The van der Waals surface area contributed by atoms with Gasteiger partial charge in [0, 0.05) is 36.0 Å². The molecule has 5 heteroatoms. The fourth-order valence-electron chi connectivity index (χ4n) is 2.84. The van der Waals surface area contributed by atoms with Crippen molar-refractivity contribution in [3.8, 4) is 11.1 Å². The van der Waals surface area contributed by atoms with E-state index in [9.17, 15) is 9.59 Å². The molecule has 5 nitrogen and oxygen atoms in total. The standard InChI is InChI=1S/C18H13N3O2/c1-21-9-8-16(20-21)19-18(23)11-6-7-13-12-4-2-3-5-14(12)17(22)15(13)10-11/h2-10H,1H3,(H,19,20,23). The number of nitrogens with zero attached hydrogens (tertiary/aromatic N) is 2. The van der Waals surface area contributed by atoms with Crippen LogP contribution in [-0.2, 0) is 7.05 Å². The third-order valence-corrected chi connectivity index (χ3v) is 3.94. The predicted molar refractivity (Wildman–Crippen MR) is 86.5 cm³/mol. The van der Waals surface area contributed by atoms with Gasteiger partial charge in [0.2, 0.25) is 0 Å². The Morgan fingerprint density at radius 1 is 1.00 bits per heavy atom. The highest BCUT2D eigenvalue weighted by Crippen LogP contribution is 2.36. The van der Waals surface area contributed by atoms with E-state index in [1.54, 1.807) is 36.1 Å². The number of nitrogens with one attached hydrogen (secondary N) is 1. The van der Waals surface area contributed by atoms with E-state index < -0.39 is 0 Å². The largest absolute Gasteiger partial charge is 0.305 e. The minimum atomic E-state index is -0.282. The number of aryl methyl sites for hydroxylation is 1. The second kappa shape index (κ2) is 4.91. The Bertz CT molecular complexity index is 956. The van der Waals surface area contributed by atoms with Gasteiger partial charge in [0.1, 0.15) is 0 Å². The number of rotatable bonds is 2. The Labute approximate surface area is 132 Å². The van der Waals surface area contributed by atoms with E-state index >= 15 is 0 Å². The van der Waals surface area contributed by atoms with Crippen LogP contribution in [0, 0.1) is 0 Å². The fourth-order valence-corrected chi connectivity index (χ4v) is 2.84. The van der Waals surface area contributed by atoms with Crippen LogP contribution in [0.4, 0.5) is 5.82 Å².